The van der Waals surface area contributed by atoms with E-state index in [1.54, 1.807) is 43.4 Å². The van der Waals surface area contributed by atoms with Crippen LogP contribution in [0.15, 0.2) is 72.8 Å². The fourth-order valence-corrected chi connectivity index (χ4v) is 4.09. The molecule has 202 valence electrons. The number of nitrogens with zero attached hydrogens (tertiary/aromatic N) is 1. The van der Waals surface area contributed by atoms with Gasteiger partial charge in [-0.1, -0.05) is 67.1 Å². The number of ether oxygens (including phenoxy) is 3. The third kappa shape index (κ3) is 8.15. The molecule has 0 spiro atoms. The van der Waals surface area contributed by atoms with Gasteiger partial charge >= 0.3 is 0 Å². The smallest absolute Gasteiger partial charge is 0.261 e. The summed E-state index contributed by atoms with van der Waals surface area (Å²) in [5, 5.41) is 3.57. The highest BCUT2D eigenvalue weighted by Gasteiger charge is 2.31. The molecule has 0 aliphatic carbocycles. The molecule has 0 heterocycles. The highest BCUT2D eigenvalue weighted by atomic mass is 35.5. The summed E-state index contributed by atoms with van der Waals surface area (Å²) in [6.45, 7) is 3.80. The zero-order chi connectivity index (χ0) is 27.5. The lowest BCUT2D eigenvalue weighted by molar-refractivity contribution is -0.143. The van der Waals surface area contributed by atoms with Crippen molar-refractivity contribution in [3.8, 4) is 17.2 Å². The Balaban J connectivity index is 1.94. The number of hydrogen-bond donors (Lipinski definition) is 1. The first-order chi connectivity index (χ1) is 18.3. The van der Waals surface area contributed by atoms with Gasteiger partial charge in [0.15, 0.2) is 6.61 Å². The molecule has 38 heavy (non-hydrogen) atoms. The van der Waals surface area contributed by atoms with Gasteiger partial charge in [-0.25, -0.2) is 0 Å². The second kappa shape index (κ2) is 14.3. The maximum absolute atomic E-state index is 13.7. The second-order valence-corrected chi connectivity index (χ2v) is 9.38. The van der Waals surface area contributed by atoms with Crippen molar-refractivity contribution in [2.45, 2.75) is 45.3 Å². The van der Waals surface area contributed by atoms with Crippen LogP contribution >= 0.6 is 11.6 Å². The summed E-state index contributed by atoms with van der Waals surface area (Å²) in [5.74, 6) is 0.902. The van der Waals surface area contributed by atoms with E-state index in [9.17, 15) is 9.59 Å². The van der Waals surface area contributed by atoms with E-state index in [0.717, 1.165) is 17.5 Å². The van der Waals surface area contributed by atoms with Crippen LogP contribution in [0.25, 0.3) is 0 Å². The van der Waals surface area contributed by atoms with Crippen molar-refractivity contribution in [2.24, 2.45) is 0 Å². The van der Waals surface area contributed by atoms with Gasteiger partial charge in [-0.2, -0.15) is 0 Å². The number of carbonyl (C=O) groups excluding carboxylic acids is 2. The zero-order valence-corrected chi connectivity index (χ0v) is 23.0. The highest BCUT2D eigenvalue weighted by Crippen LogP contribution is 2.28. The van der Waals surface area contributed by atoms with Gasteiger partial charge < -0.3 is 24.4 Å². The van der Waals surface area contributed by atoms with Crippen LogP contribution in [0.2, 0.25) is 5.02 Å². The number of hydrogen-bond acceptors (Lipinski definition) is 5. The number of benzene rings is 3. The van der Waals surface area contributed by atoms with Crippen molar-refractivity contribution in [2.75, 3.05) is 20.8 Å². The number of amides is 2. The topological polar surface area (TPSA) is 77.1 Å². The van der Waals surface area contributed by atoms with Crippen LogP contribution < -0.4 is 19.5 Å². The molecule has 3 aromatic rings. The van der Waals surface area contributed by atoms with E-state index in [2.05, 4.69) is 5.32 Å². The molecule has 2 atom stereocenters. The molecule has 0 unspecified atom stereocenters. The van der Waals surface area contributed by atoms with Crippen LogP contribution in [0.3, 0.4) is 0 Å². The molecule has 0 aliphatic rings. The Morgan fingerprint density at radius 2 is 1.53 bits per heavy atom. The van der Waals surface area contributed by atoms with E-state index in [1.165, 1.54) is 0 Å². The minimum atomic E-state index is -0.779. The molecule has 0 aliphatic heterocycles. The van der Waals surface area contributed by atoms with Crippen molar-refractivity contribution >= 4 is 23.4 Å². The Kier molecular flexibility index (Phi) is 10.8. The number of rotatable bonds is 13. The first-order valence-electron chi connectivity index (χ1n) is 12.6. The van der Waals surface area contributed by atoms with E-state index in [0.29, 0.717) is 28.7 Å². The summed E-state index contributed by atoms with van der Waals surface area (Å²) in [4.78, 5) is 28.9. The normalized spacial score (nSPS) is 12.2. The molecule has 1 N–H and O–H groups in total. The van der Waals surface area contributed by atoms with Crippen LogP contribution in [0.4, 0.5) is 0 Å². The highest BCUT2D eigenvalue weighted by molar-refractivity contribution is 6.31. The van der Waals surface area contributed by atoms with Gasteiger partial charge in [-0.3, -0.25) is 9.59 Å². The molecule has 0 radical (unpaired) electrons. The fourth-order valence-electron chi connectivity index (χ4n) is 3.90. The summed E-state index contributed by atoms with van der Waals surface area (Å²) in [6, 6.07) is 21.2. The van der Waals surface area contributed by atoms with Crippen molar-refractivity contribution in [3.63, 3.8) is 0 Å². The Morgan fingerprint density at radius 1 is 0.921 bits per heavy atom. The molecule has 3 aromatic carbocycles. The Morgan fingerprint density at radius 3 is 2.13 bits per heavy atom. The van der Waals surface area contributed by atoms with Crippen LogP contribution in [0.5, 0.6) is 17.2 Å². The second-order valence-electron chi connectivity index (χ2n) is 8.97. The maximum Gasteiger partial charge on any atom is 0.261 e. The minimum absolute atomic E-state index is 0.0430. The number of halogens is 1. The van der Waals surface area contributed by atoms with Gasteiger partial charge in [-0.15, -0.1) is 0 Å². The molecular weight excluding hydrogens is 504 g/mol. The monoisotopic (exact) mass is 538 g/mol. The molecule has 7 nitrogen and oxygen atoms in total. The zero-order valence-electron chi connectivity index (χ0n) is 22.3. The average Bonchev–Trinajstić information content (AvgIpc) is 2.94. The van der Waals surface area contributed by atoms with Crippen LogP contribution in [0.1, 0.15) is 31.4 Å². The van der Waals surface area contributed by atoms with Crippen LogP contribution in [-0.2, 0) is 22.6 Å². The van der Waals surface area contributed by atoms with Crippen molar-refractivity contribution < 1.29 is 23.8 Å². The van der Waals surface area contributed by atoms with E-state index in [-0.39, 0.29) is 31.0 Å². The van der Waals surface area contributed by atoms with Gasteiger partial charge in [0.25, 0.3) is 5.91 Å². The SMILES string of the molecule is CC[C@@H](C)NC(=O)[C@@H](Cc1ccccc1)N(Cc1ccccc1Cl)C(=O)COc1cc(OC)cc(OC)c1. The predicted molar refractivity (Wildman–Crippen MR) is 149 cm³/mol. The first kappa shape index (κ1) is 28.9. The number of nitrogens with one attached hydrogen (secondary N) is 1. The van der Waals surface area contributed by atoms with Crippen molar-refractivity contribution in [3.05, 3.63) is 88.9 Å². The minimum Gasteiger partial charge on any atom is -0.496 e. The summed E-state index contributed by atoms with van der Waals surface area (Å²) in [7, 11) is 3.08. The quantitative estimate of drug-likeness (QED) is 0.320. The molecular formula is C30H35ClN2O5. The molecule has 8 heteroatoms. The molecule has 0 fully saturated rings. The third-order valence-electron chi connectivity index (χ3n) is 6.26. The molecule has 0 saturated carbocycles. The van der Waals surface area contributed by atoms with Gasteiger partial charge in [0, 0.05) is 42.2 Å². The van der Waals surface area contributed by atoms with Gasteiger partial charge in [0.05, 0.1) is 14.2 Å². The summed E-state index contributed by atoms with van der Waals surface area (Å²) < 4.78 is 16.5. The molecule has 2 amide bonds. The third-order valence-corrected chi connectivity index (χ3v) is 6.63. The Hall–Kier alpha value is -3.71. The van der Waals surface area contributed by atoms with Crippen molar-refractivity contribution in [1.82, 2.24) is 10.2 Å². The molecule has 0 bridgehead atoms. The van der Waals surface area contributed by atoms with Gasteiger partial charge in [0.1, 0.15) is 23.3 Å². The maximum atomic E-state index is 13.7. The van der Waals surface area contributed by atoms with E-state index < -0.39 is 6.04 Å². The van der Waals surface area contributed by atoms with Gasteiger partial charge in [0.2, 0.25) is 5.91 Å². The largest absolute Gasteiger partial charge is 0.496 e. The number of methoxy groups -OCH3 is 2. The summed E-state index contributed by atoms with van der Waals surface area (Å²) in [5.41, 5.74) is 1.67. The van der Waals surface area contributed by atoms with Crippen LogP contribution in [-0.4, -0.2) is 49.6 Å². The number of carbonyl (C=O) groups is 2. The predicted octanol–water partition coefficient (Wildman–Crippen LogP) is 5.29. The molecule has 0 saturated heterocycles. The van der Waals surface area contributed by atoms with Gasteiger partial charge in [-0.05, 0) is 30.5 Å². The Bertz CT molecular complexity index is 1180. The van der Waals surface area contributed by atoms with E-state index in [1.807, 2.05) is 62.4 Å². The van der Waals surface area contributed by atoms with E-state index in [4.69, 9.17) is 25.8 Å². The lowest BCUT2D eigenvalue weighted by atomic mass is 10.0. The van der Waals surface area contributed by atoms with Crippen LogP contribution in [0, 0.1) is 0 Å². The standard InChI is InChI=1S/C30H35ClN2O5/c1-5-21(2)32-30(35)28(15-22-11-7-6-8-12-22)33(19-23-13-9-10-14-27(23)31)29(34)20-38-26-17-24(36-3)16-25(18-26)37-4/h6-14,16-18,21,28H,5,15,19-20H2,1-4H3,(H,32,35)/t21-,28-/m1/s1. The Labute approximate surface area is 229 Å². The van der Waals surface area contributed by atoms with Crippen molar-refractivity contribution in [1.29, 1.82) is 0 Å². The molecule has 3 rings (SSSR count). The summed E-state index contributed by atoms with van der Waals surface area (Å²) >= 11 is 6.47. The average molecular weight is 539 g/mol. The molecule has 0 aromatic heterocycles. The first-order valence-corrected chi connectivity index (χ1v) is 12.9. The fraction of sp³-hybridized carbons (Fsp3) is 0.333. The lowest BCUT2D eigenvalue weighted by Crippen LogP contribution is -2.53. The summed E-state index contributed by atoms with van der Waals surface area (Å²) in [6.07, 6.45) is 1.11. The lowest BCUT2D eigenvalue weighted by Gasteiger charge is -2.32. The van der Waals surface area contributed by atoms with E-state index >= 15 is 0 Å².